The maximum absolute atomic E-state index is 9.25. The van der Waals surface area contributed by atoms with Gasteiger partial charge in [0, 0.05) is 12.2 Å². The molecule has 0 fully saturated rings. The van der Waals surface area contributed by atoms with Crippen molar-refractivity contribution in [3.8, 4) is 22.6 Å². The molecule has 1 aliphatic rings. The van der Waals surface area contributed by atoms with Crippen LogP contribution in [0.3, 0.4) is 0 Å². The van der Waals surface area contributed by atoms with Gasteiger partial charge in [-0.05, 0) is 52.9 Å². The van der Waals surface area contributed by atoms with Gasteiger partial charge in [0.15, 0.2) is 0 Å². The molecule has 0 bridgehead atoms. The first-order valence-electron chi connectivity index (χ1n) is 11.1. The molecule has 1 aliphatic carbocycles. The third-order valence-corrected chi connectivity index (χ3v) is 4.57. The van der Waals surface area contributed by atoms with Gasteiger partial charge in [-0.25, -0.2) is 9.59 Å². The van der Waals surface area contributed by atoms with Crippen LogP contribution in [0.25, 0.3) is 11.1 Å². The first kappa shape index (κ1) is 29.9. The lowest BCUT2D eigenvalue weighted by Crippen LogP contribution is -1.82. The summed E-state index contributed by atoms with van der Waals surface area (Å²) in [6, 6.07) is 34.7. The number of carboxylic acids is 2. The molecule has 0 atom stereocenters. The molecule has 0 aliphatic heterocycles. The fourth-order valence-corrected chi connectivity index (χ4v) is 2.94. The predicted molar refractivity (Wildman–Crippen MR) is 147 cm³/mol. The molecule has 6 nitrogen and oxygen atoms in total. The summed E-state index contributed by atoms with van der Waals surface area (Å²) in [6.07, 6.45) is 2.77. The minimum atomic E-state index is -0.981. The van der Waals surface area contributed by atoms with Gasteiger partial charge in [0.05, 0.1) is 0 Å². The highest BCUT2D eigenvalue weighted by molar-refractivity contribution is 5.79. The number of aromatic hydroxyl groups is 2. The van der Waals surface area contributed by atoms with Gasteiger partial charge in [-0.2, -0.15) is 0 Å². The number of phenols is 2. The Bertz CT molecular complexity index is 1150. The summed E-state index contributed by atoms with van der Waals surface area (Å²) >= 11 is 0. The molecule has 4 aromatic rings. The van der Waals surface area contributed by atoms with E-state index in [-0.39, 0.29) is 0 Å². The van der Waals surface area contributed by atoms with Crippen LogP contribution in [0.15, 0.2) is 135 Å². The lowest BCUT2D eigenvalue weighted by molar-refractivity contribution is -0.132. The monoisotopic (exact) mass is 498 g/mol. The Morgan fingerprint density at radius 3 is 1.05 bits per heavy atom. The average molecular weight is 499 g/mol. The summed E-state index contributed by atoms with van der Waals surface area (Å²) in [6.45, 7) is 5.92. The van der Waals surface area contributed by atoms with E-state index in [1.807, 2.05) is 12.1 Å². The van der Waals surface area contributed by atoms with E-state index in [0.717, 1.165) is 18.6 Å². The third-order valence-electron chi connectivity index (χ3n) is 4.57. The van der Waals surface area contributed by atoms with Crippen molar-refractivity contribution in [3.63, 3.8) is 0 Å². The number of carboxylic acid groups (broad SMARTS) is 2. The Morgan fingerprint density at radius 2 is 0.811 bits per heavy atom. The van der Waals surface area contributed by atoms with Crippen LogP contribution in [0.2, 0.25) is 0 Å². The number of aliphatic carboxylic acids is 2. The maximum Gasteiger partial charge on any atom is 0.327 e. The van der Waals surface area contributed by atoms with E-state index in [1.165, 1.54) is 22.3 Å². The van der Waals surface area contributed by atoms with E-state index in [1.54, 1.807) is 48.5 Å². The Hall–Kier alpha value is -5.10. The molecule has 0 radical (unpaired) electrons. The SMILES string of the molecule is C=CC(=O)O.C=CC(=O)O.Oc1ccccc1.Oc1ccccc1.c1ccc2c(c1)Cc1ccccc1-2. The Labute approximate surface area is 216 Å². The van der Waals surface area contributed by atoms with Crippen LogP contribution >= 0.6 is 0 Å². The molecule has 0 saturated carbocycles. The lowest BCUT2D eigenvalue weighted by atomic mass is 10.1. The molecule has 0 unspecified atom stereocenters. The smallest absolute Gasteiger partial charge is 0.327 e. The van der Waals surface area contributed by atoms with Crippen LogP contribution in [0.4, 0.5) is 0 Å². The summed E-state index contributed by atoms with van der Waals surface area (Å²) in [4.78, 5) is 18.5. The van der Waals surface area contributed by atoms with Crippen molar-refractivity contribution in [2.24, 2.45) is 0 Å². The number of hydrogen-bond donors (Lipinski definition) is 4. The Balaban J connectivity index is 0.000000248. The number of rotatable bonds is 2. The molecular weight excluding hydrogens is 468 g/mol. The zero-order valence-electron chi connectivity index (χ0n) is 20.3. The highest BCUT2D eigenvalue weighted by atomic mass is 16.4. The van der Waals surface area contributed by atoms with Crippen molar-refractivity contribution in [3.05, 3.63) is 146 Å². The van der Waals surface area contributed by atoms with Crippen molar-refractivity contribution in [1.29, 1.82) is 0 Å². The molecule has 0 heterocycles. The second-order valence-electron chi connectivity index (χ2n) is 7.25. The normalized spacial score (nSPS) is 9.30. The highest BCUT2D eigenvalue weighted by Crippen LogP contribution is 2.35. The number of phenolic OH excluding ortho intramolecular Hbond substituents is 2. The molecule has 0 amide bonds. The fourth-order valence-electron chi connectivity index (χ4n) is 2.94. The standard InChI is InChI=1S/C13H10.2C6H6O.2C3H4O2/c1-3-7-12-10(5-1)9-11-6-2-4-8-13(11)12;2*7-6-4-2-1-3-5-6;2*1-2-3(4)5/h1-8H,9H2;2*1-5,7H;2*2H,1H2,(H,4,5). The third kappa shape index (κ3) is 12.8. The van der Waals surface area contributed by atoms with Gasteiger partial charge in [0.25, 0.3) is 0 Å². The largest absolute Gasteiger partial charge is 0.508 e. The molecule has 5 rings (SSSR count). The Morgan fingerprint density at radius 1 is 0.541 bits per heavy atom. The van der Waals surface area contributed by atoms with Gasteiger partial charge in [0.1, 0.15) is 11.5 Å². The van der Waals surface area contributed by atoms with Crippen LogP contribution in [-0.4, -0.2) is 32.4 Å². The van der Waals surface area contributed by atoms with Crippen LogP contribution in [-0.2, 0) is 16.0 Å². The van der Waals surface area contributed by atoms with Gasteiger partial charge in [0.2, 0.25) is 0 Å². The van der Waals surface area contributed by atoms with Gasteiger partial charge in [-0.1, -0.05) is 98.1 Å². The van der Waals surface area contributed by atoms with E-state index in [9.17, 15) is 9.59 Å². The summed E-state index contributed by atoms with van der Waals surface area (Å²) < 4.78 is 0. The molecule has 0 saturated heterocycles. The van der Waals surface area contributed by atoms with Crippen molar-refractivity contribution < 1.29 is 30.0 Å². The first-order valence-corrected chi connectivity index (χ1v) is 11.1. The van der Waals surface area contributed by atoms with Gasteiger partial charge >= 0.3 is 11.9 Å². The number of benzene rings is 4. The zero-order valence-corrected chi connectivity index (χ0v) is 20.3. The summed E-state index contributed by atoms with van der Waals surface area (Å²) in [5, 5.41) is 32.5. The molecule has 4 N–H and O–H groups in total. The van der Waals surface area contributed by atoms with Crippen LogP contribution in [0, 0.1) is 0 Å². The first-order chi connectivity index (χ1) is 17.8. The summed E-state index contributed by atoms with van der Waals surface area (Å²) in [5.41, 5.74) is 5.75. The minimum absolute atomic E-state index is 0.322. The molecule has 4 aromatic carbocycles. The zero-order chi connectivity index (χ0) is 27.5. The molecule has 0 spiro atoms. The predicted octanol–water partition coefficient (Wildman–Crippen LogP) is 6.56. The molecule has 0 aromatic heterocycles. The number of para-hydroxylation sites is 2. The van der Waals surface area contributed by atoms with E-state index in [0.29, 0.717) is 11.5 Å². The lowest BCUT2D eigenvalue weighted by Gasteiger charge is -1.98. The number of carbonyl (C=O) groups is 2. The van der Waals surface area contributed by atoms with Crippen molar-refractivity contribution >= 4 is 11.9 Å². The number of hydrogen-bond acceptors (Lipinski definition) is 4. The number of fused-ring (bicyclic) bond motifs is 3. The van der Waals surface area contributed by atoms with Gasteiger partial charge < -0.3 is 20.4 Å². The fraction of sp³-hybridized carbons (Fsp3) is 0.0323. The minimum Gasteiger partial charge on any atom is -0.508 e. The quantitative estimate of drug-likeness (QED) is 0.205. The van der Waals surface area contributed by atoms with Crippen LogP contribution < -0.4 is 0 Å². The topological polar surface area (TPSA) is 115 Å². The summed E-state index contributed by atoms with van der Waals surface area (Å²) in [5.74, 6) is -1.32. The van der Waals surface area contributed by atoms with E-state index < -0.39 is 11.9 Å². The molecule has 6 heteroatoms. The van der Waals surface area contributed by atoms with E-state index in [4.69, 9.17) is 20.4 Å². The van der Waals surface area contributed by atoms with E-state index in [2.05, 4.69) is 61.7 Å². The van der Waals surface area contributed by atoms with Crippen LogP contribution in [0.5, 0.6) is 11.5 Å². The average Bonchev–Trinajstić information content (AvgIpc) is 3.30. The Kier molecular flexibility index (Phi) is 14.0. The van der Waals surface area contributed by atoms with E-state index >= 15 is 0 Å². The second kappa shape index (κ2) is 17.4. The van der Waals surface area contributed by atoms with Crippen LogP contribution in [0.1, 0.15) is 11.1 Å². The maximum atomic E-state index is 9.25. The molecular formula is C31H30O6. The summed E-state index contributed by atoms with van der Waals surface area (Å²) in [7, 11) is 0. The van der Waals surface area contributed by atoms with Gasteiger partial charge in [-0.3, -0.25) is 0 Å². The second-order valence-corrected chi connectivity index (χ2v) is 7.25. The van der Waals surface area contributed by atoms with Crippen molar-refractivity contribution in [1.82, 2.24) is 0 Å². The van der Waals surface area contributed by atoms with Crippen molar-refractivity contribution in [2.45, 2.75) is 6.42 Å². The molecule has 190 valence electrons. The highest BCUT2D eigenvalue weighted by Gasteiger charge is 2.15. The van der Waals surface area contributed by atoms with Gasteiger partial charge in [-0.15, -0.1) is 0 Å². The molecule has 37 heavy (non-hydrogen) atoms. The van der Waals surface area contributed by atoms with Crippen molar-refractivity contribution in [2.75, 3.05) is 0 Å².